The number of carbonyl (C=O) groups excluding carboxylic acids is 1. The van der Waals surface area contributed by atoms with Crippen LogP contribution in [0.2, 0.25) is 0 Å². The van der Waals surface area contributed by atoms with Crippen LogP contribution in [0.25, 0.3) is 10.9 Å². The molecule has 0 bridgehead atoms. The Morgan fingerprint density at radius 3 is 3.08 bits per heavy atom. The smallest absolute Gasteiger partial charge is 0.291 e. The van der Waals surface area contributed by atoms with Crippen molar-refractivity contribution in [2.24, 2.45) is 5.92 Å². The quantitative estimate of drug-likeness (QED) is 0.585. The molecule has 0 aliphatic heterocycles. The van der Waals surface area contributed by atoms with Gasteiger partial charge in [0.25, 0.3) is 5.91 Å². The second-order valence-corrected chi connectivity index (χ2v) is 7.09. The van der Waals surface area contributed by atoms with E-state index in [1.54, 1.807) is 12.1 Å². The molecule has 2 heterocycles. The Balaban J connectivity index is 1.54. The first kappa shape index (κ1) is 16.9. The molecule has 136 valence electrons. The first-order valence-corrected chi connectivity index (χ1v) is 9.43. The molecule has 1 amide bonds. The number of H-pyrrole nitrogens is 1. The predicted molar refractivity (Wildman–Crippen MR) is 104 cm³/mol. The Labute approximate surface area is 153 Å². The van der Waals surface area contributed by atoms with E-state index < -0.39 is 0 Å². The number of carbonyl (C=O) groups is 1. The zero-order valence-corrected chi connectivity index (χ0v) is 15.1. The summed E-state index contributed by atoms with van der Waals surface area (Å²) in [7, 11) is 0. The molecule has 4 rings (SSSR count). The SMILES string of the molecule is CCCNCC1CCc2[nH]c3ccc(NC(=O)c4ccco4)cc3c2C1. The maximum absolute atomic E-state index is 12.2. The molecule has 1 aliphatic carbocycles. The van der Waals surface area contributed by atoms with Crippen LogP contribution in [0, 0.1) is 5.92 Å². The van der Waals surface area contributed by atoms with Crippen LogP contribution < -0.4 is 10.6 Å². The largest absolute Gasteiger partial charge is 0.459 e. The van der Waals surface area contributed by atoms with Crippen LogP contribution in [0.3, 0.4) is 0 Å². The van der Waals surface area contributed by atoms with Crippen LogP contribution >= 0.6 is 0 Å². The minimum absolute atomic E-state index is 0.222. The average Bonchev–Trinajstić information content (AvgIpc) is 3.30. The van der Waals surface area contributed by atoms with E-state index in [1.165, 1.54) is 35.7 Å². The number of anilines is 1. The number of benzene rings is 1. The van der Waals surface area contributed by atoms with Gasteiger partial charge in [0.1, 0.15) is 0 Å². The first-order valence-electron chi connectivity index (χ1n) is 9.43. The number of furan rings is 1. The summed E-state index contributed by atoms with van der Waals surface area (Å²) in [4.78, 5) is 15.8. The van der Waals surface area contributed by atoms with E-state index in [-0.39, 0.29) is 5.91 Å². The minimum Gasteiger partial charge on any atom is -0.459 e. The summed E-state index contributed by atoms with van der Waals surface area (Å²) in [6, 6.07) is 9.45. The molecule has 0 saturated carbocycles. The Morgan fingerprint density at radius 1 is 1.35 bits per heavy atom. The van der Waals surface area contributed by atoms with Crippen molar-refractivity contribution in [1.29, 1.82) is 0 Å². The highest BCUT2D eigenvalue weighted by atomic mass is 16.3. The van der Waals surface area contributed by atoms with Crippen LogP contribution in [0.4, 0.5) is 5.69 Å². The third-order valence-corrected chi connectivity index (χ3v) is 5.15. The van der Waals surface area contributed by atoms with Crippen molar-refractivity contribution in [3.05, 3.63) is 53.6 Å². The van der Waals surface area contributed by atoms with Gasteiger partial charge in [-0.25, -0.2) is 0 Å². The van der Waals surface area contributed by atoms with Gasteiger partial charge in [-0.3, -0.25) is 4.79 Å². The highest BCUT2D eigenvalue weighted by Gasteiger charge is 2.22. The summed E-state index contributed by atoms with van der Waals surface area (Å²) in [6.07, 6.45) is 6.08. The molecule has 1 aliphatic rings. The summed E-state index contributed by atoms with van der Waals surface area (Å²) in [5, 5.41) is 7.70. The maximum Gasteiger partial charge on any atom is 0.291 e. The molecule has 1 unspecified atom stereocenters. The van der Waals surface area contributed by atoms with Crippen LogP contribution in [-0.4, -0.2) is 24.0 Å². The monoisotopic (exact) mass is 351 g/mol. The number of aromatic amines is 1. The van der Waals surface area contributed by atoms with Gasteiger partial charge in [-0.15, -0.1) is 0 Å². The molecule has 2 aromatic heterocycles. The van der Waals surface area contributed by atoms with Crippen molar-refractivity contribution >= 4 is 22.5 Å². The second kappa shape index (κ2) is 7.38. The van der Waals surface area contributed by atoms with Crippen molar-refractivity contribution < 1.29 is 9.21 Å². The predicted octanol–water partition coefficient (Wildman–Crippen LogP) is 4.12. The Hall–Kier alpha value is -2.53. The van der Waals surface area contributed by atoms with Gasteiger partial charge in [-0.2, -0.15) is 0 Å². The summed E-state index contributed by atoms with van der Waals surface area (Å²) in [5.74, 6) is 0.776. The lowest BCUT2D eigenvalue weighted by molar-refractivity contribution is 0.0996. The molecular formula is C21H25N3O2. The van der Waals surface area contributed by atoms with Crippen molar-refractivity contribution in [2.45, 2.75) is 32.6 Å². The molecule has 0 radical (unpaired) electrons. The first-order chi connectivity index (χ1) is 12.7. The Morgan fingerprint density at radius 2 is 2.27 bits per heavy atom. The molecule has 1 aromatic carbocycles. The van der Waals surface area contributed by atoms with Crippen molar-refractivity contribution in [1.82, 2.24) is 10.3 Å². The molecule has 0 saturated heterocycles. The van der Waals surface area contributed by atoms with E-state index >= 15 is 0 Å². The van der Waals surface area contributed by atoms with E-state index in [1.807, 2.05) is 6.07 Å². The summed E-state index contributed by atoms with van der Waals surface area (Å²) in [5.41, 5.74) is 4.70. The highest BCUT2D eigenvalue weighted by Crippen LogP contribution is 2.33. The number of nitrogens with one attached hydrogen (secondary N) is 3. The zero-order valence-electron chi connectivity index (χ0n) is 15.1. The van der Waals surface area contributed by atoms with Crippen molar-refractivity contribution in [2.75, 3.05) is 18.4 Å². The third-order valence-electron chi connectivity index (χ3n) is 5.15. The number of aryl methyl sites for hydroxylation is 1. The van der Waals surface area contributed by atoms with Gasteiger partial charge in [0.05, 0.1) is 6.26 Å². The van der Waals surface area contributed by atoms with E-state index in [9.17, 15) is 4.79 Å². The van der Waals surface area contributed by atoms with Gasteiger partial charge in [-0.1, -0.05) is 6.92 Å². The van der Waals surface area contributed by atoms with Gasteiger partial charge >= 0.3 is 0 Å². The molecule has 3 N–H and O–H groups in total. The highest BCUT2D eigenvalue weighted by molar-refractivity contribution is 6.03. The summed E-state index contributed by atoms with van der Waals surface area (Å²) in [6.45, 7) is 4.36. The van der Waals surface area contributed by atoms with E-state index in [0.717, 1.165) is 37.1 Å². The number of fused-ring (bicyclic) bond motifs is 3. The fourth-order valence-corrected chi connectivity index (χ4v) is 3.82. The zero-order chi connectivity index (χ0) is 17.9. The van der Waals surface area contributed by atoms with E-state index in [2.05, 4.69) is 34.7 Å². The fourth-order valence-electron chi connectivity index (χ4n) is 3.82. The van der Waals surface area contributed by atoms with E-state index in [0.29, 0.717) is 11.7 Å². The lowest BCUT2D eigenvalue weighted by atomic mass is 9.86. The van der Waals surface area contributed by atoms with Crippen LogP contribution in [0.15, 0.2) is 41.0 Å². The van der Waals surface area contributed by atoms with Crippen molar-refractivity contribution in [3.8, 4) is 0 Å². The molecule has 26 heavy (non-hydrogen) atoms. The molecule has 5 nitrogen and oxygen atoms in total. The van der Waals surface area contributed by atoms with Gasteiger partial charge in [0, 0.05) is 22.3 Å². The lowest BCUT2D eigenvalue weighted by Gasteiger charge is -2.22. The maximum atomic E-state index is 12.2. The van der Waals surface area contributed by atoms with Crippen LogP contribution in [0.1, 0.15) is 41.6 Å². The lowest BCUT2D eigenvalue weighted by Crippen LogP contribution is -2.27. The summed E-state index contributed by atoms with van der Waals surface area (Å²) >= 11 is 0. The molecule has 1 atom stereocenters. The summed E-state index contributed by atoms with van der Waals surface area (Å²) < 4.78 is 5.17. The average molecular weight is 351 g/mol. The molecule has 3 aromatic rings. The van der Waals surface area contributed by atoms with Gasteiger partial charge in [0.15, 0.2) is 5.76 Å². The fraction of sp³-hybridized carbons (Fsp3) is 0.381. The Kier molecular flexibility index (Phi) is 4.80. The number of hydrogen-bond acceptors (Lipinski definition) is 3. The molecule has 0 fully saturated rings. The van der Waals surface area contributed by atoms with Gasteiger partial charge in [-0.05, 0) is 80.6 Å². The third kappa shape index (κ3) is 3.40. The second-order valence-electron chi connectivity index (χ2n) is 7.09. The molecule has 5 heteroatoms. The number of aromatic nitrogens is 1. The standard InChI is InChI=1S/C21H25N3O2/c1-2-9-22-13-14-5-7-18-16(11-14)17-12-15(6-8-19(17)24-18)23-21(25)20-4-3-10-26-20/h3-4,6,8,10,12,14,22,24H,2,5,7,9,11,13H2,1H3,(H,23,25). The van der Waals surface area contributed by atoms with Crippen LogP contribution in [-0.2, 0) is 12.8 Å². The number of rotatable bonds is 6. The van der Waals surface area contributed by atoms with E-state index in [4.69, 9.17) is 4.42 Å². The topological polar surface area (TPSA) is 70.1 Å². The van der Waals surface area contributed by atoms with Crippen LogP contribution in [0.5, 0.6) is 0 Å². The van der Waals surface area contributed by atoms with Crippen molar-refractivity contribution in [3.63, 3.8) is 0 Å². The molecule has 0 spiro atoms. The number of hydrogen-bond donors (Lipinski definition) is 3. The molecular weight excluding hydrogens is 326 g/mol. The Bertz CT molecular complexity index is 896. The van der Waals surface area contributed by atoms with Gasteiger partial charge < -0.3 is 20.0 Å². The minimum atomic E-state index is -0.222. The normalized spacial score (nSPS) is 16.6. The van der Waals surface area contributed by atoms with Gasteiger partial charge in [0.2, 0.25) is 0 Å². The number of amides is 1.